The number of ether oxygens (including phenoxy) is 2. The first-order valence-electron chi connectivity index (χ1n) is 7.44. The average Bonchev–Trinajstić information content (AvgIpc) is 3.01. The van der Waals surface area contributed by atoms with E-state index < -0.39 is 10.8 Å². The molecule has 25 heavy (non-hydrogen) atoms. The smallest absolute Gasteiger partial charge is 1.00 e. The molecule has 0 spiro atoms. The number of nitrogens with one attached hydrogen (secondary N) is 1. The molecule has 0 unspecified atom stereocenters. The van der Waals surface area contributed by atoms with Crippen molar-refractivity contribution < 1.29 is 16.5 Å². The van der Waals surface area contributed by atoms with E-state index in [1.165, 1.54) is 0 Å². The molecule has 0 fully saturated rings. The number of benzene rings is 1. The van der Waals surface area contributed by atoms with Gasteiger partial charge in [0.05, 0.1) is 47.5 Å². The van der Waals surface area contributed by atoms with Crippen molar-refractivity contribution in [3.63, 3.8) is 0 Å². The molecule has 8 heteroatoms. The third kappa shape index (κ3) is 4.25. The minimum Gasteiger partial charge on any atom is -1.00 e. The Bertz CT molecular complexity index is 937. The fourth-order valence-electron chi connectivity index (χ4n) is 2.61. The Balaban J connectivity index is 0.00000225. The number of hydrogen-bond donors (Lipinski definition) is 1. The largest absolute Gasteiger partial charge is 2.00 e. The van der Waals surface area contributed by atoms with Gasteiger partial charge in [0.2, 0.25) is 0 Å². The number of H-pyrrole nitrogens is 1. The van der Waals surface area contributed by atoms with Crippen molar-refractivity contribution in [2.45, 2.75) is 24.8 Å². The van der Waals surface area contributed by atoms with E-state index in [9.17, 15) is 4.21 Å². The van der Waals surface area contributed by atoms with Gasteiger partial charge >= 0.3 is 45.5 Å². The SMILES string of the molecule is COc1ccc2nc([S@](=O)Cc3ncc(C)c(OC)c3C)[nH]c2c1.[H-].[H-].[Sr+2]. The van der Waals surface area contributed by atoms with Crippen LogP contribution in [0.4, 0.5) is 0 Å². The Labute approximate surface area is 189 Å². The average molecular weight is 435 g/mol. The second kappa shape index (κ2) is 8.64. The van der Waals surface area contributed by atoms with Gasteiger partial charge in [0.1, 0.15) is 11.5 Å². The van der Waals surface area contributed by atoms with Crippen molar-refractivity contribution in [3.05, 3.63) is 41.2 Å². The number of nitrogens with zero attached hydrogens (tertiary/aromatic N) is 2. The van der Waals surface area contributed by atoms with E-state index in [1.54, 1.807) is 20.4 Å². The molecular weight excluding hydrogens is 414 g/mol. The van der Waals surface area contributed by atoms with Crippen LogP contribution >= 0.6 is 0 Å². The maximum atomic E-state index is 12.7. The van der Waals surface area contributed by atoms with Crippen molar-refractivity contribution in [2.24, 2.45) is 0 Å². The molecule has 3 aromatic rings. The molecule has 1 atom stereocenters. The third-order valence-corrected chi connectivity index (χ3v) is 5.06. The van der Waals surface area contributed by atoms with Crippen LogP contribution in [0.2, 0.25) is 0 Å². The molecule has 0 aliphatic rings. The zero-order valence-corrected chi connectivity index (χ0v) is 19.0. The minimum atomic E-state index is -1.33. The van der Waals surface area contributed by atoms with Gasteiger partial charge in [-0.2, -0.15) is 0 Å². The first kappa shape index (κ1) is 20.4. The van der Waals surface area contributed by atoms with Crippen LogP contribution in [0.15, 0.2) is 29.6 Å². The topological polar surface area (TPSA) is 77.1 Å². The van der Waals surface area contributed by atoms with E-state index in [0.717, 1.165) is 39.4 Å². The maximum absolute atomic E-state index is 12.7. The van der Waals surface area contributed by atoms with Gasteiger partial charge in [-0.15, -0.1) is 0 Å². The molecule has 0 bridgehead atoms. The maximum Gasteiger partial charge on any atom is 2.00 e. The molecule has 1 N–H and O–H groups in total. The zero-order chi connectivity index (χ0) is 17.3. The van der Waals surface area contributed by atoms with Gasteiger partial charge in [0.15, 0.2) is 5.16 Å². The first-order chi connectivity index (χ1) is 11.5. The summed E-state index contributed by atoms with van der Waals surface area (Å²) in [6.07, 6.45) is 1.74. The van der Waals surface area contributed by atoms with Gasteiger partial charge in [-0.1, -0.05) is 0 Å². The van der Waals surface area contributed by atoms with E-state index in [-0.39, 0.29) is 54.1 Å². The summed E-state index contributed by atoms with van der Waals surface area (Å²) < 4.78 is 23.3. The first-order valence-corrected chi connectivity index (χ1v) is 8.76. The summed E-state index contributed by atoms with van der Waals surface area (Å²) in [6.45, 7) is 3.86. The molecule has 0 aliphatic carbocycles. The molecule has 0 radical (unpaired) electrons. The Morgan fingerprint density at radius 1 is 1.24 bits per heavy atom. The minimum absolute atomic E-state index is 0. The van der Waals surface area contributed by atoms with Gasteiger partial charge in [-0.25, -0.2) is 4.98 Å². The van der Waals surface area contributed by atoms with Crippen LogP contribution in [-0.2, 0) is 16.6 Å². The van der Waals surface area contributed by atoms with Crippen LogP contribution in [0.1, 0.15) is 19.7 Å². The molecular formula is C17H21N3O3SSr. The van der Waals surface area contributed by atoms with Crippen molar-refractivity contribution in [3.8, 4) is 11.5 Å². The Morgan fingerprint density at radius 3 is 2.68 bits per heavy atom. The standard InChI is InChI=1S/C17H19N3O3S.Sr.2H/c1-10-8-18-15(11(2)16(10)23-4)9-24(21)17-19-13-6-5-12(22-3)7-14(13)20-17;;;/h5-8H,9H2,1-4H3,(H,19,20);;;/q;+2;2*-1/t24-;;;/m1.../s1. The van der Waals surface area contributed by atoms with Crippen molar-refractivity contribution >= 4 is 67.3 Å². The fourth-order valence-corrected chi connectivity index (χ4v) is 3.71. The number of rotatable bonds is 5. The summed E-state index contributed by atoms with van der Waals surface area (Å²) in [6, 6.07) is 5.50. The molecule has 0 saturated carbocycles. The number of imidazole rings is 1. The number of aromatic nitrogens is 3. The van der Waals surface area contributed by atoms with Gasteiger partial charge in [-0.05, 0) is 26.0 Å². The number of pyridine rings is 1. The second-order valence-electron chi connectivity index (χ2n) is 5.46. The van der Waals surface area contributed by atoms with E-state index in [1.807, 2.05) is 32.0 Å². The van der Waals surface area contributed by atoms with Crippen LogP contribution in [0.3, 0.4) is 0 Å². The van der Waals surface area contributed by atoms with Crippen molar-refractivity contribution in [2.75, 3.05) is 14.2 Å². The van der Waals surface area contributed by atoms with E-state index in [4.69, 9.17) is 9.47 Å². The zero-order valence-electron chi connectivity index (χ0n) is 16.8. The van der Waals surface area contributed by atoms with Gasteiger partial charge in [-0.3, -0.25) is 9.19 Å². The van der Waals surface area contributed by atoms with E-state index in [2.05, 4.69) is 15.0 Å². The molecule has 130 valence electrons. The molecule has 0 saturated heterocycles. The number of aryl methyl sites for hydroxylation is 1. The van der Waals surface area contributed by atoms with Crippen LogP contribution in [0, 0.1) is 13.8 Å². The van der Waals surface area contributed by atoms with Crippen LogP contribution in [0.5, 0.6) is 11.5 Å². The van der Waals surface area contributed by atoms with E-state index >= 15 is 0 Å². The monoisotopic (exact) mass is 435 g/mol. The number of methoxy groups -OCH3 is 2. The number of fused-ring (bicyclic) bond motifs is 1. The summed E-state index contributed by atoms with van der Waals surface area (Å²) in [7, 11) is 1.91. The Hall–Kier alpha value is -0.929. The molecule has 0 amide bonds. The molecule has 1 aromatic carbocycles. The molecule has 2 aromatic heterocycles. The molecule has 2 heterocycles. The summed E-state index contributed by atoms with van der Waals surface area (Å²) in [5.74, 6) is 1.79. The fraction of sp³-hybridized carbons (Fsp3) is 0.294. The second-order valence-corrected chi connectivity index (χ2v) is 6.83. The third-order valence-electron chi connectivity index (χ3n) is 3.90. The summed E-state index contributed by atoms with van der Waals surface area (Å²) in [5, 5.41) is 0.430. The van der Waals surface area contributed by atoms with Crippen LogP contribution in [0.25, 0.3) is 11.0 Å². The van der Waals surface area contributed by atoms with E-state index in [0.29, 0.717) is 5.16 Å². The summed E-state index contributed by atoms with van der Waals surface area (Å²) >= 11 is 0. The molecule has 6 nitrogen and oxygen atoms in total. The van der Waals surface area contributed by atoms with Gasteiger partial charge in [0.25, 0.3) is 0 Å². The molecule has 0 aliphatic heterocycles. The van der Waals surface area contributed by atoms with Crippen molar-refractivity contribution in [1.82, 2.24) is 15.0 Å². The molecule has 3 rings (SSSR count). The van der Waals surface area contributed by atoms with Crippen molar-refractivity contribution in [1.29, 1.82) is 0 Å². The van der Waals surface area contributed by atoms with Crippen LogP contribution in [-0.4, -0.2) is 78.9 Å². The van der Waals surface area contributed by atoms with Gasteiger partial charge in [0, 0.05) is 23.4 Å². The normalized spacial score (nSPS) is 11.8. The van der Waals surface area contributed by atoms with Crippen LogP contribution < -0.4 is 9.47 Å². The Kier molecular flexibility index (Phi) is 7.04. The predicted octanol–water partition coefficient (Wildman–Crippen LogP) is 2.74. The Morgan fingerprint density at radius 2 is 2.00 bits per heavy atom. The summed E-state index contributed by atoms with van der Waals surface area (Å²) in [4.78, 5) is 11.9. The number of aromatic amines is 1. The summed E-state index contributed by atoms with van der Waals surface area (Å²) in [5.41, 5.74) is 4.16. The number of hydrogen-bond acceptors (Lipinski definition) is 5. The predicted molar refractivity (Wildman–Crippen MR) is 101 cm³/mol. The van der Waals surface area contributed by atoms with Gasteiger partial charge < -0.3 is 17.3 Å². The quantitative estimate of drug-likeness (QED) is 0.624.